The van der Waals surface area contributed by atoms with Crippen LogP contribution < -0.4 is 20.9 Å². The molecule has 12 nitrogen and oxygen atoms in total. The number of nitrogens with one attached hydrogen (secondary N) is 1. The maximum atomic E-state index is 13.5. The Labute approximate surface area is 282 Å². The topological polar surface area (TPSA) is 171 Å². The van der Waals surface area contributed by atoms with Crippen LogP contribution in [0.25, 0.3) is 27.7 Å². The molecule has 1 saturated heterocycles. The van der Waals surface area contributed by atoms with E-state index in [0.29, 0.717) is 71.1 Å². The Balaban J connectivity index is 1.48. The molecule has 1 fully saturated rings. The quantitative estimate of drug-likeness (QED) is 0.108. The predicted octanol–water partition coefficient (Wildman–Crippen LogP) is 4.75. The molecule has 2 aromatic heterocycles. The molecule has 1 aliphatic rings. The van der Waals surface area contributed by atoms with Crippen molar-refractivity contribution in [2.45, 2.75) is 44.1 Å². The van der Waals surface area contributed by atoms with E-state index in [0.717, 1.165) is 0 Å². The van der Waals surface area contributed by atoms with Gasteiger partial charge in [-0.25, -0.2) is 13.6 Å². The average molecular weight is 697 g/mol. The lowest BCUT2D eigenvalue weighted by molar-refractivity contribution is -0.133. The van der Waals surface area contributed by atoms with Gasteiger partial charge >= 0.3 is 5.76 Å². The highest BCUT2D eigenvalue weighted by Gasteiger charge is 2.24. The monoisotopic (exact) mass is 696 g/mol. The molecular formula is C33H35F3N8O4S. The molecule has 3 heterocycles. The normalized spacial score (nSPS) is 15.6. The number of alkyl halides is 2. The van der Waals surface area contributed by atoms with E-state index in [4.69, 9.17) is 26.3 Å². The van der Waals surface area contributed by atoms with Crippen molar-refractivity contribution in [1.82, 2.24) is 19.7 Å². The van der Waals surface area contributed by atoms with Gasteiger partial charge in [-0.3, -0.25) is 19.2 Å². The largest absolute Gasteiger partial charge is 0.484 e. The molecule has 49 heavy (non-hydrogen) atoms. The standard InChI is InChI=1S/C33H35F3N8O4S/c1-19(20-3-6-23(34)7-4-20)48-27-15-21(5-8-26(27)42-49(47)33(35)36)30-29-31(43(2)41-30)25(18-40-32(29)38)22(16-37)17-39-24-9-12-44(13-10-24)28(46)11-14-45/h3-8,14-19,24,33,42H,9-13,37H2,1-2H3,(H2,38,40)/b22-16+,39-17?. The summed E-state index contributed by atoms with van der Waals surface area (Å²) in [6, 6.07) is 10.2. The molecule has 0 aliphatic carbocycles. The van der Waals surface area contributed by atoms with Crippen LogP contribution in [0.2, 0.25) is 0 Å². The van der Waals surface area contributed by atoms with E-state index in [9.17, 15) is 27.0 Å². The number of aryl methyl sites for hydroxylation is 1. The van der Waals surface area contributed by atoms with Gasteiger partial charge in [0.2, 0.25) is 5.91 Å². The van der Waals surface area contributed by atoms with E-state index < -0.39 is 28.7 Å². The molecule has 2 atom stereocenters. The van der Waals surface area contributed by atoms with Crippen molar-refractivity contribution < 1.29 is 31.7 Å². The number of fused-ring (bicyclic) bond motifs is 1. The number of ether oxygens (including phenoxy) is 1. The number of carbonyl (C=O) groups excluding carboxylic acids is 2. The Morgan fingerprint density at radius 3 is 2.57 bits per heavy atom. The first-order valence-electron chi connectivity index (χ1n) is 15.3. The number of aldehydes is 1. The highest BCUT2D eigenvalue weighted by Crippen LogP contribution is 2.39. The van der Waals surface area contributed by atoms with Gasteiger partial charge in [0.05, 0.1) is 29.1 Å². The number of halogens is 3. The van der Waals surface area contributed by atoms with E-state index in [1.807, 2.05) is 0 Å². The number of anilines is 2. The minimum absolute atomic E-state index is 0.0480. The Kier molecular flexibility index (Phi) is 11.0. The van der Waals surface area contributed by atoms with E-state index in [2.05, 4.69) is 9.71 Å². The van der Waals surface area contributed by atoms with Gasteiger partial charge in [-0.2, -0.15) is 13.9 Å². The molecule has 0 radical (unpaired) electrons. The second-order valence-electron chi connectivity index (χ2n) is 11.3. The van der Waals surface area contributed by atoms with Crippen LogP contribution >= 0.6 is 0 Å². The van der Waals surface area contributed by atoms with Crippen LogP contribution in [0.5, 0.6) is 5.75 Å². The Bertz CT molecular complexity index is 1930. The van der Waals surface area contributed by atoms with Crippen molar-refractivity contribution in [2.24, 2.45) is 17.8 Å². The van der Waals surface area contributed by atoms with Crippen molar-refractivity contribution in [1.29, 1.82) is 0 Å². The number of hydrogen-bond acceptors (Lipinski definition) is 9. The molecule has 16 heteroatoms. The zero-order chi connectivity index (χ0) is 35.2. The number of nitrogens with zero attached hydrogens (tertiary/aromatic N) is 5. The number of rotatable bonds is 12. The lowest BCUT2D eigenvalue weighted by Crippen LogP contribution is -2.39. The highest BCUT2D eigenvalue weighted by atomic mass is 32.2. The molecule has 1 amide bonds. The van der Waals surface area contributed by atoms with E-state index in [-0.39, 0.29) is 35.6 Å². The van der Waals surface area contributed by atoms with Gasteiger partial charge in [0.25, 0.3) is 0 Å². The number of nitrogen functional groups attached to an aromatic ring is 1. The lowest BCUT2D eigenvalue weighted by Gasteiger charge is -2.29. The number of nitrogens with two attached hydrogens (primary N) is 2. The van der Waals surface area contributed by atoms with Crippen LogP contribution in [0.15, 0.2) is 59.9 Å². The van der Waals surface area contributed by atoms with E-state index >= 15 is 0 Å². The fourth-order valence-electron chi connectivity index (χ4n) is 5.60. The number of aromatic nitrogens is 3. The molecule has 2 unspecified atom stereocenters. The summed E-state index contributed by atoms with van der Waals surface area (Å²) in [7, 11) is -0.986. The van der Waals surface area contributed by atoms with Crippen LogP contribution in [0.4, 0.5) is 24.7 Å². The summed E-state index contributed by atoms with van der Waals surface area (Å²) in [5, 5.41) is 5.21. The van der Waals surface area contributed by atoms with Crippen LogP contribution in [0.1, 0.15) is 43.4 Å². The maximum Gasteiger partial charge on any atom is 0.330 e. The number of benzene rings is 2. The Hall–Kier alpha value is -5.25. The minimum atomic E-state index is -3.15. The number of piperidine rings is 1. The van der Waals surface area contributed by atoms with Crippen LogP contribution in [0.3, 0.4) is 0 Å². The fourth-order valence-corrected chi connectivity index (χ4v) is 6.07. The van der Waals surface area contributed by atoms with Gasteiger partial charge in [-0.15, -0.1) is 0 Å². The molecule has 1 aliphatic heterocycles. The molecular weight excluding hydrogens is 661 g/mol. The second-order valence-corrected chi connectivity index (χ2v) is 12.5. The number of pyridine rings is 1. The van der Waals surface area contributed by atoms with Gasteiger partial charge in [-0.05, 0) is 49.6 Å². The SMILES string of the molecule is CC(Oc1cc(-c2nn(C)c3c(/C(C=NC4CCN(C(=O)CC=O)CC4)=C/N)cnc(N)c23)ccc1NS(=O)C(F)F)c1ccc(F)cc1. The number of allylic oxidation sites excluding steroid dienone is 1. The number of carbonyl (C=O) groups is 2. The smallest absolute Gasteiger partial charge is 0.330 e. The summed E-state index contributed by atoms with van der Waals surface area (Å²) in [5.74, 6) is -3.50. The molecule has 258 valence electrons. The molecule has 0 spiro atoms. The second kappa shape index (κ2) is 15.3. The van der Waals surface area contributed by atoms with Crippen molar-refractivity contribution in [2.75, 3.05) is 23.5 Å². The summed E-state index contributed by atoms with van der Waals surface area (Å²) in [5.41, 5.74) is 15.8. The van der Waals surface area contributed by atoms with Crippen molar-refractivity contribution in [3.05, 3.63) is 71.8 Å². The van der Waals surface area contributed by atoms with Crippen LogP contribution in [-0.2, 0) is 27.6 Å². The molecule has 2 aromatic carbocycles. The summed E-state index contributed by atoms with van der Waals surface area (Å²) in [6.07, 6.45) is 5.71. The first kappa shape index (κ1) is 35.1. The third-order valence-corrected chi connectivity index (χ3v) is 8.90. The minimum Gasteiger partial charge on any atom is -0.484 e. The highest BCUT2D eigenvalue weighted by molar-refractivity contribution is 7.86. The van der Waals surface area contributed by atoms with E-state index in [1.165, 1.54) is 24.4 Å². The van der Waals surface area contributed by atoms with Gasteiger partial charge < -0.3 is 25.9 Å². The van der Waals surface area contributed by atoms with Crippen molar-refractivity contribution in [3.8, 4) is 17.0 Å². The lowest BCUT2D eigenvalue weighted by atomic mass is 10.0. The third-order valence-electron chi connectivity index (χ3n) is 8.15. The molecule has 4 aromatic rings. The number of likely N-dealkylation sites (tertiary alicyclic amines) is 1. The Morgan fingerprint density at radius 2 is 1.92 bits per heavy atom. The zero-order valence-corrected chi connectivity index (χ0v) is 27.5. The maximum absolute atomic E-state index is 13.5. The third kappa shape index (κ3) is 7.91. The Morgan fingerprint density at radius 1 is 1.20 bits per heavy atom. The summed E-state index contributed by atoms with van der Waals surface area (Å²) >= 11 is 0. The molecule has 5 rings (SSSR count). The summed E-state index contributed by atoms with van der Waals surface area (Å²) in [4.78, 5) is 33.5. The van der Waals surface area contributed by atoms with Gasteiger partial charge in [0.1, 0.15) is 35.5 Å². The van der Waals surface area contributed by atoms with Gasteiger partial charge in [0, 0.05) is 55.4 Å². The molecule has 5 N–H and O–H groups in total. The summed E-state index contributed by atoms with van der Waals surface area (Å²) < 4.78 is 62.1. The van der Waals surface area contributed by atoms with Crippen LogP contribution in [0, 0.1) is 5.82 Å². The van der Waals surface area contributed by atoms with Crippen molar-refractivity contribution >= 4 is 57.4 Å². The molecule has 0 saturated carbocycles. The van der Waals surface area contributed by atoms with Gasteiger partial charge in [0.15, 0.2) is 11.0 Å². The van der Waals surface area contributed by atoms with Gasteiger partial charge in [-0.1, -0.05) is 18.2 Å². The average Bonchev–Trinajstić information content (AvgIpc) is 3.44. The van der Waals surface area contributed by atoms with Crippen molar-refractivity contribution in [3.63, 3.8) is 0 Å². The predicted molar refractivity (Wildman–Crippen MR) is 183 cm³/mol. The number of aliphatic imine (C=N–C) groups is 1. The number of amides is 1. The summed E-state index contributed by atoms with van der Waals surface area (Å²) in [6.45, 7) is 2.70. The first-order chi connectivity index (χ1) is 23.5. The van der Waals surface area contributed by atoms with E-state index in [1.54, 1.807) is 60.2 Å². The van der Waals surface area contributed by atoms with Crippen LogP contribution in [-0.4, -0.2) is 67.2 Å². The number of hydrogen-bond donors (Lipinski definition) is 3. The fraction of sp³-hybridized carbons (Fsp3) is 0.303. The molecule has 0 bridgehead atoms. The zero-order valence-electron chi connectivity index (χ0n) is 26.7. The first-order valence-corrected chi connectivity index (χ1v) is 16.5.